The van der Waals surface area contributed by atoms with Crippen LogP contribution in [0.5, 0.6) is 0 Å². The van der Waals surface area contributed by atoms with Gasteiger partial charge in [0, 0.05) is 23.3 Å². The average molecular weight is 338 g/mol. The normalized spacial score (nSPS) is 10.5. The third-order valence-electron chi connectivity index (χ3n) is 3.73. The van der Waals surface area contributed by atoms with E-state index in [9.17, 15) is 4.79 Å². The summed E-state index contributed by atoms with van der Waals surface area (Å²) in [5.74, 6) is -0.190. The molecule has 0 saturated carbocycles. The second kappa shape index (κ2) is 6.81. The van der Waals surface area contributed by atoms with Gasteiger partial charge in [0.2, 0.25) is 0 Å². The molecule has 4 nitrogen and oxygen atoms in total. The second-order valence-corrected chi connectivity index (χ2v) is 5.93. The zero-order chi connectivity index (χ0) is 17.1. The maximum absolute atomic E-state index is 12.7. The Kier molecular flexibility index (Phi) is 4.58. The molecule has 0 unspecified atom stereocenters. The smallest absolute Gasteiger partial charge is 0.276 e. The largest absolute Gasteiger partial charge is 0.310 e. The third-order valence-corrected chi connectivity index (χ3v) is 3.97. The van der Waals surface area contributed by atoms with Gasteiger partial charge >= 0.3 is 0 Å². The standard InChI is InChI=1S/C19H16ClN3O/c1-13-6-8-16(9-7-13)23(2)19(24)18-11-17(21-12-22-18)14-4-3-5-15(20)10-14/h3-12H,1-2H3. The van der Waals surface area contributed by atoms with E-state index in [2.05, 4.69) is 9.97 Å². The predicted octanol–water partition coefficient (Wildman–Crippen LogP) is 4.38. The van der Waals surface area contributed by atoms with Crippen LogP contribution in [0.4, 0.5) is 5.69 Å². The number of anilines is 1. The van der Waals surface area contributed by atoms with E-state index in [0.717, 1.165) is 16.8 Å². The summed E-state index contributed by atoms with van der Waals surface area (Å²) in [6.45, 7) is 2.01. The van der Waals surface area contributed by atoms with Crippen molar-refractivity contribution in [2.45, 2.75) is 6.92 Å². The van der Waals surface area contributed by atoms with Crippen molar-refractivity contribution in [2.24, 2.45) is 0 Å². The summed E-state index contributed by atoms with van der Waals surface area (Å²) >= 11 is 6.02. The topological polar surface area (TPSA) is 46.1 Å². The Labute approximate surface area is 145 Å². The van der Waals surface area contributed by atoms with E-state index in [-0.39, 0.29) is 5.91 Å². The van der Waals surface area contributed by atoms with Crippen LogP contribution >= 0.6 is 11.6 Å². The highest BCUT2D eigenvalue weighted by atomic mass is 35.5. The lowest BCUT2D eigenvalue weighted by Crippen LogP contribution is -2.27. The van der Waals surface area contributed by atoms with Crippen molar-refractivity contribution < 1.29 is 4.79 Å². The predicted molar refractivity (Wildman–Crippen MR) is 96.4 cm³/mol. The molecule has 0 aliphatic rings. The Morgan fingerprint density at radius 1 is 1.04 bits per heavy atom. The van der Waals surface area contributed by atoms with E-state index < -0.39 is 0 Å². The Hall–Kier alpha value is -2.72. The molecule has 0 fully saturated rings. The Morgan fingerprint density at radius 3 is 2.50 bits per heavy atom. The molecule has 5 heteroatoms. The molecule has 3 rings (SSSR count). The van der Waals surface area contributed by atoms with Crippen LogP contribution in [0, 0.1) is 6.92 Å². The summed E-state index contributed by atoms with van der Waals surface area (Å²) in [5, 5.41) is 0.621. The highest BCUT2D eigenvalue weighted by Crippen LogP contribution is 2.22. The molecule has 0 N–H and O–H groups in total. The molecule has 0 aliphatic heterocycles. The average Bonchev–Trinajstić information content (AvgIpc) is 2.61. The molecule has 1 aromatic heterocycles. The van der Waals surface area contributed by atoms with Gasteiger partial charge in [0.15, 0.2) is 0 Å². The summed E-state index contributed by atoms with van der Waals surface area (Å²) in [7, 11) is 1.73. The molecule has 0 aliphatic carbocycles. The molecule has 0 radical (unpaired) electrons. The van der Waals surface area contributed by atoms with Crippen molar-refractivity contribution in [3.05, 3.63) is 77.2 Å². The minimum Gasteiger partial charge on any atom is -0.310 e. The molecule has 3 aromatic rings. The highest BCUT2D eigenvalue weighted by molar-refractivity contribution is 6.30. The minimum absolute atomic E-state index is 0.190. The summed E-state index contributed by atoms with van der Waals surface area (Å²) in [6, 6.07) is 16.8. The Balaban J connectivity index is 1.90. The maximum atomic E-state index is 12.7. The van der Waals surface area contributed by atoms with Gasteiger partial charge in [-0.15, -0.1) is 0 Å². The summed E-state index contributed by atoms with van der Waals surface area (Å²) in [4.78, 5) is 22.6. The van der Waals surface area contributed by atoms with E-state index in [4.69, 9.17) is 11.6 Å². The number of rotatable bonds is 3. The van der Waals surface area contributed by atoms with Gasteiger partial charge < -0.3 is 4.90 Å². The number of hydrogen-bond donors (Lipinski definition) is 0. The first kappa shape index (κ1) is 16.1. The van der Waals surface area contributed by atoms with Crippen LogP contribution in [0.2, 0.25) is 5.02 Å². The molecule has 0 bridgehead atoms. The fraction of sp³-hybridized carbons (Fsp3) is 0.105. The Morgan fingerprint density at radius 2 is 1.79 bits per heavy atom. The molecular formula is C19H16ClN3O. The van der Waals surface area contributed by atoms with Crippen LogP contribution in [0.25, 0.3) is 11.3 Å². The summed E-state index contributed by atoms with van der Waals surface area (Å²) in [5.41, 5.74) is 3.80. The van der Waals surface area contributed by atoms with Crippen molar-refractivity contribution in [1.29, 1.82) is 0 Å². The lowest BCUT2D eigenvalue weighted by molar-refractivity contribution is 0.0988. The fourth-order valence-electron chi connectivity index (χ4n) is 2.34. The molecule has 1 amide bonds. The second-order valence-electron chi connectivity index (χ2n) is 5.50. The first-order valence-corrected chi connectivity index (χ1v) is 7.85. The lowest BCUT2D eigenvalue weighted by atomic mass is 10.1. The number of nitrogens with zero attached hydrogens (tertiary/aromatic N) is 3. The number of benzene rings is 2. The van der Waals surface area contributed by atoms with E-state index in [1.807, 2.05) is 49.4 Å². The highest BCUT2D eigenvalue weighted by Gasteiger charge is 2.16. The van der Waals surface area contributed by atoms with Gasteiger partial charge in [0.25, 0.3) is 5.91 Å². The molecular weight excluding hydrogens is 322 g/mol. The van der Waals surface area contributed by atoms with Gasteiger partial charge in [-0.25, -0.2) is 9.97 Å². The number of carbonyl (C=O) groups is 1. The van der Waals surface area contributed by atoms with E-state index in [1.165, 1.54) is 6.33 Å². The van der Waals surface area contributed by atoms with Gasteiger partial charge in [0.1, 0.15) is 12.0 Å². The van der Waals surface area contributed by atoms with Crippen LogP contribution < -0.4 is 4.90 Å². The van der Waals surface area contributed by atoms with Gasteiger partial charge in [-0.3, -0.25) is 4.79 Å². The van der Waals surface area contributed by atoms with E-state index in [1.54, 1.807) is 24.1 Å². The molecule has 0 atom stereocenters. The number of amides is 1. The number of hydrogen-bond acceptors (Lipinski definition) is 3. The van der Waals surface area contributed by atoms with Crippen molar-refractivity contribution >= 4 is 23.2 Å². The van der Waals surface area contributed by atoms with Crippen molar-refractivity contribution in [3.63, 3.8) is 0 Å². The van der Waals surface area contributed by atoms with E-state index >= 15 is 0 Å². The zero-order valence-corrected chi connectivity index (χ0v) is 14.2. The minimum atomic E-state index is -0.190. The number of aromatic nitrogens is 2. The molecule has 0 saturated heterocycles. The molecule has 120 valence electrons. The van der Waals surface area contributed by atoms with Gasteiger partial charge in [-0.1, -0.05) is 41.4 Å². The Bertz CT molecular complexity index is 878. The number of aryl methyl sites for hydroxylation is 1. The molecule has 1 heterocycles. The number of carbonyl (C=O) groups excluding carboxylic acids is 1. The third kappa shape index (κ3) is 3.44. The van der Waals surface area contributed by atoms with Crippen molar-refractivity contribution in [2.75, 3.05) is 11.9 Å². The van der Waals surface area contributed by atoms with Crippen molar-refractivity contribution in [3.8, 4) is 11.3 Å². The molecule has 0 spiro atoms. The van der Waals surface area contributed by atoms with Crippen LogP contribution in [-0.4, -0.2) is 22.9 Å². The molecule has 2 aromatic carbocycles. The van der Waals surface area contributed by atoms with Crippen molar-refractivity contribution in [1.82, 2.24) is 9.97 Å². The monoisotopic (exact) mass is 337 g/mol. The lowest BCUT2D eigenvalue weighted by Gasteiger charge is -2.17. The fourth-order valence-corrected chi connectivity index (χ4v) is 2.53. The quantitative estimate of drug-likeness (QED) is 0.712. The van der Waals surface area contributed by atoms with Crippen LogP contribution in [0.1, 0.15) is 16.1 Å². The summed E-state index contributed by atoms with van der Waals surface area (Å²) < 4.78 is 0. The van der Waals surface area contributed by atoms with Gasteiger partial charge in [-0.05, 0) is 37.3 Å². The van der Waals surface area contributed by atoms with Crippen LogP contribution in [0.3, 0.4) is 0 Å². The van der Waals surface area contributed by atoms with Crippen LogP contribution in [-0.2, 0) is 0 Å². The van der Waals surface area contributed by atoms with E-state index in [0.29, 0.717) is 16.4 Å². The first-order chi connectivity index (χ1) is 11.5. The van der Waals surface area contributed by atoms with Gasteiger partial charge in [-0.2, -0.15) is 0 Å². The molecule has 24 heavy (non-hydrogen) atoms. The number of halogens is 1. The summed E-state index contributed by atoms with van der Waals surface area (Å²) in [6.07, 6.45) is 1.40. The maximum Gasteiger partial charge on any atom is 0.276 e. The SMILES string of the molecule is Cc1ccc(N(C)C(=O)c2cc(-c3cccc(Cl)c3)ncn2)cc1. The first-order valence-electron chi connectivity index (χ1n) is 7.47. The zero-order valence-electron chi connectivity index (χ0n) is 13.4. The van der Waals surface area contributed by atoms with Crippen LogP contribution in [0.15, 0.2) is 60.9 Å². The van der Waals surface area contributed by atoms with Gasteiger partial charge in [0.05, 0.1) is 5.69 Å².